The number of halogens is 1. The van der Waals surface area contributed by atoms with E-state index in [-0.39, 0.29) is 22.8 Å². The number of benzene rings is 1. The minimum absolute atomic E-state index is 0.143. The van der Waals surface area contributed by atoms with Crippen molar-refractivity contribution in [3.63, 3.8) is 0 Å². The van der Waals surface area contributed by atoms with Gasteiger partial charge < -0.3 is 10.4 Å². The van der Waals surface area contributed by atoms with Gasteiger partial charge in [0.2, 0.25) is 10.0 Å². The number of aromatic nitrogens is 2. The molecule has 4 atom stereocenters. The van der Waals surface area contributed by atoms with E-state index in [9.17, 15) is 13.5 Å². The van der Waals surface area contributed by atoms with Crippen LogP contribution < -0.4 is 5.32 Å². The molecule has 2 aromatic rings. The summed E-state index contributed by atoms with van der Waals surface area (Å²) in [4.78, 5) is 8.49. The summed E-state index contributed by atoms with van der Waals surface area (Å²) in [5.41, 5.74) is 0.571. The van der Waals surface area contributed by atoms with Crippen molar-refractivity contribution in [2.45, 2.75) is 36.8 Å². The molecule has 1 aliphatic carbocycles. The third-order valence-electron chi connectivity index (χ3n) is 5.84. The fraction of sp³-hybridized carbons (Fsp3) is 0.474. The van der Waals surface area contributed by atoms with Crippen molar-refractivity contribution in [2.24, 2.45) is 11.8 Å². The lowest BCUT2D eigenvalue weighted by Gasteiger charge is -2.35. The summed E-state index contributed by atoms with van der Waals surface area (Å²) in [5.74, 6) is 0.943. The standard InChI is InChI=1S/C19H23ClN4O3S/c1-12-15(20)3-2-4-18(12)28(26,27)24-10-13-7-16(17(25)8-14(13)11-24)23-19-9-21-5-6-22-19/h2-6,9,13-14,16-17,25H,7-8,10-11H2,1H3,(H,22,23)/t13-,14+,16-,17-/m1/s1. The third-order valence-corrected chi connectivity index (χ3v) is 8.23. The Labute approximate surface area is 169 Å². The van der Waals surface area contributed by atoms with Crippen LogP contribution in [0.2, 0.25) is 5.02 Å². The van der Waals surface area contributed by atoms with Gasteiger partial charge in [-0.15, -0.1) is 0 Å². The molecular formula is C19H23ClN4O3S. The van der Waals surface area contributed by atoms with E-state index in [1.165, 1.54) is 0 Å². The van der Waals surface area contributed by atoms with Gasteiger partial charge in [0.25, 0.3) is 0 Å². The van der Waals surface area contributed by atoms with E-state index in [4.69, 9.17) is 11.6 Å². The Kier molecular flexibility index (Phi) is 5.30. The van der Waals surface area contributed by atoms with Crippen molar-refractivity contribution in [3.05, 3.63) is 47.4 Å². The molecule has 4 rings (SSSR count). The van der Waals surface area contributed by atoms with E-state index in [1.54, 1.807) is 48.0 Å². The zero-order valence-corrected chi connectivity index (χ0v) is 17.1. The maximum atomic E-state index is 13.2. The molecule has 9 heteroatoms. The van der Waals surface area contributed by atoms with Gasteiger partial charge in [0, 0.05) is 30.5 Å². The molecule has 0 spiro atoms. The zero-order valence-electron chi connectivity index (χ0n) is 15.5. The lowest BCUT2D eigenvalue weighted by Crippen LogP contribution is -2.43. The number of aliphatic hydroxyl groups excluding tert-OH is 1. The lowest BCUT2D eigenvalue weighted by atomic mass is 9.77. The Hall–Kier alpha value is -1.74. The molecule has 28 heavy (non-hydrogen) atoms. The van der Waals surface area contributed by atoms with Crippen LogP contribution in [0.1, 0.15) is 18.4 Å². The fourth-order valence-electron chi connectivity index (χ4n) is 4.31. The largest absolute Gasteiger partial charge is 0.391 e. The monoisotopic (exact) mass is 422 g/mol. The number of rotatable bonds is 4. The molecule has 1 aromatic carbocycles. The smallest absolute Gasteiger partial charge is 0.243 e. The van der Waals surface area contributed by atoms with E-state index in [0.717, 1.165) is 0 Å². The molecule has 2 aliphatic rings. The van der Waals surface area contributed by atoms with E-state index < -0.39 is 16.1 Å². The first-order chi connectivity index (χ1) is 13.4. The first-order valence-electron chi connectivity index (χ1n) is 9.32. The second kappa shape index (κ2) is 7.59. The van der Waals surface area contributed by atoms with Gasteiger partial charge in [-0.3, -0.25) is 4.98 Å². The van der Waals surface area contributed by atoms with Crippen molar-refractivity contribution in [1.82, 2.24) is 14.3 Å². The van der Waals surface area contributed by atoms with E-state index in [2.05, 4.69) is 15.3 Å². The van der Waals surface area contributed by atoms with Crippen molar-refractivity contribution < 1.29 is 13.5 Å². The first kappa shape index (κ1) is 19.6. The molecule has 0 radical (unpaired) electrons. The predicted octanol–water partition coefficient (Wildman–Crippen LogP) is 2.31. The predicted molar refractivity (Wildman–Crippen MR) is 107 cm³/mol. The van der Waals surface area contributed by atoms with Crippen LogP contribution in [-0.2, 0) is 10.0 Å². The van der Waals surface area contributed by atoms with E-state index in [1.807, 2.05) is 0 Å². The summed E-state index contributed by atoms with van der Waals surface area (Å²) in [6, 6.07) is 4.79. The Morgan fingerprint density at radius 3 is 2.68 bits per heavy atom. The number of sulfonamides is 1. The molecule has 0 bridgehead atoms. The molecule has 7 nitrogen and oxygen atoms in total. The molecule has 150 valence electrons. The van der Waals surface area contributed by atoms with Crippen LogP contribution in [-0.4, -0.2) is 53.0 Å². The SMILES string of the molecule is Cc1c(Cl)cccc1S(=O)(=O)N1C[C@H]2C[C@@H](Nc3cnccn3)[C@H](O)C[C@H]2C1. The van der Waals surface area contributed by atoms with Gasteiger partial charge in [0.15, 0.2) is 0 Å². The number of nitrogens with one attached hydrogen (secondary N) is 1. The Morgan fingerprint density at radius 2 is 1.96 bits per heavy atom. The van der Waals surface area contributed by atoms with Crippen LogP contribution in [0.3, 0.4) is 0 Å². The Balaban J connectivity index is 1.51. The van der Waals surface area contributed by atoms with Crippen LogP contribution in [0.15, 0.2) is 41.7 Å². The van der Waals surface area contributed by atoms with Gasteiger partial charge in [-0.2, -0.15) is 4.31 Å². The molecule has 1 aromatic heterocycles. The highest BCUT2D eigenvalue weighted by atomic mass is 35.5. The van der Waals surface area contributed by atoms with Crippen molar-refractivity contribution >= 4 is 27.4 Å². The molecule has 0 unspecified atom stereocenters. The average molecular weight is 423 g/mol. The van der Waals surface area contributed by atoms with Crippen molar-refractivity contribution in [3.8, 4) is 0 Å². The molecule has 2 fully saturated rings. The number of anilines is 1. The van der Waals surface area contributed by atoms with Crippen LogP contribution in [0.5, 0.6) is 0 Å². The quantitative estimate of drug-likeness (QED) is 0.785. The third kappa shape index (κ3) is 3.61. The Morgan fingerprint density at radius 1 is 1.21 bits per heavy atom. The number of nitrogens with zero attached hydrogens (tertiary/aromatic N) is 3. The topological polar surface area (TPSA) is 95.4 Å². The summed E-state index contributed by atoms with van der Waals surface area (Å²) in [6.07, 6.45) is 5.49. The minimum atomic E-state index is -3.62. The van der Waals surface area contributed by atoms with Crippen molar-refractivity contribution in [2.75, 3.05) is 18.4 Å². The van der Waals surface area contributed by atoms with Crippen LogP contribution in [0, 0.1) is 18.8 Å². The second-order valence-electron chi connectivity index (χ2n) is 7.59. The van der Waals surface area contributed by atoms with E-state index >= 15 is 0 Å². The molecule has 1 saturated heterocycles. The maximum absolute atomic E-state index is 13.2. The summed E-state index contributed by atoms with van der Waals surface area (Å²) in [6.45, 7) is 2.60. The molecule has 1 saturated carbocycles. The van der Waals surface area contributed by atoms with Gasteiger partial charge in [-0.1, -0.05) is 17.7 Å². The Bertz CT molecular complexity index is 957. The molecule has 1 aliphatic heterocycles. The molecular weight excluding hydrogens is 400 g/mol. The second-order valence-corrected chi connectivity index (χ2v) is 9.90. The van der Waals surface area contributed by atoms with Gasteiger partial charge in [0.05, 0.1) is 23.2 Å². The van der Waals surface area contributed by atoms with Gasteiger partial charge in [-0.25, -0.2) is 13.4 Å². The lowest BCUT2D eigenvalue weighted by molar-refractivity contribution is 0.0736. The molecule has 0 amide bonds. The number of hydrogen-bond donors (Lipinski definition) is 2. The normalized spacial score (nSPS) is 28.1. The number of aliphatic hydroxyl groups is 1. The summed E-state index contributed by atoms with van der Waals surface area (Å²) >= 11 is 6.13. The first-order valence-corrected chi connectivity index (χ1v) is 11.1. The van der Waals surface area contributed by atoms with Crippen LogP contribution in [0.4, 0.5) is 5.82 Å². The number of fused-ring (bicyclic) bond motifs is 1. The summed E-state index contributed by atoms with van der Waals surface area (Å²) < 4.78 is 27.9. The van der Waals surface area contributed by atoms with Gasteiger partial charge in [-0.05, 0) is 49.3 Å². The average Bonchev–Trinajstić information content (AvgIpc) is 3.08. The van der Waals surface area contributed by atoms with Crippen LogP contribution >= 0.6 is 11.6 Å². The van der Waals surface area contributed by atoms with Gasteiger partial charge in [0.1, 0.15) is 5.82 Å². The fourth-order valence-corrected chi connectivity index (χ4v) is 6.34. The maximum Gasteiger partial charge on any atom is 0.243 e. The zero-order chi connectivity index (χ0) is 19.9. The summed E-state index contributed by atoms with van der Waals surface area (Å²) in [5, 5.41) is 14.2. The van der Waals surface area contributed by atoms with Crippen LogP contribution in [0.25, 0.3) is 0 Å². The van der Waals surface area contributed by atoms with Gasteiger partial charge >= 0.3 is 0 Å². The van der Waals surface area contributed by atoms with Crippen molar-refractivity contribution in [1.29, 1.82) is 0 Å². The minimum Gasteiger partial charge on any atom is -0.391 e. The number of hydrogen-bond acceptors (Lipinski definition) is 6. The highest BCUT2D eigenvalue weighted by Gasteiger charge is 2.45. The van der Waals surface area contributed by atoms with E-state index in [0.29, 0.717) is 42.3 Å². The molecule has 2 N–H and O–H groups in total. The summed E-state index contributed by atoms with van der Waals surface area (Å²) in [7, 11) is -3.62. The molecule has 2 heterocycles. The highest BCUT2D eigenvalue weighted by Crippen LogP contribution is 2.40. The highest BCUT2D eigenvalue weighted by molar-refractivity contribution is 7.89.